The number of fused-ring (bicyclic) bond motifs is 1. The van der Waals surface area contributed by atoms with Gasteiger partial charge in [-0.1, -0.05) is 58.8 Å². The summed E-state index contributed by atoms with van der Waals surface area (Å²) in [7, 11) is 0. The predicted molar refractivity (Wildman–Crippen MR) is 96.9 cm³/mol. The van der Waals surface area contributed by atoms with Gasteiger partial charge in [0.15, 0.2) is 0 Å². The van der Waals surface area contributed by atoms with Crippen molar-refractivity contribution in [2.24, 2.45) is 35.5 Å². The third-order valence-electron chi connectivity index (χ3n) is 7.71. The largest absolute Gasteiger partial charge is 0.0654 e. The van der Waals surface area contributed by atoms with Crippen molar-refractivity contribution in [3.8, 4) is 0 Å². The van der Waals surface area contributed by atoms with Gasteiger partial charge in [-0.2, -0.15) is 0 Å². The lowest BCUT2D eigenvalue weighted by Gasteiger charge is -2.45. The van der Waals surface area contributed by atoms with Gasteiger partial charge in [-0.05, 0) is 80.5 Å². The summed E-state index contributed by atoms with van der Waals surface area (Å²) in [5, 5.41) is 0. The number of rotatable bonds is 5. The molecular weight excluding hydrogens is 264 g/mol. The van der Waals surface area contributed by atoms with E-state index in [-0.39, 0.29) is 0 Å². The van der Waals surface area contributed by atoms with Gasteiger partial charge in [0, 0.05) is 0 Å². The van der Waals surface area contributed by atoms with Crippen LogP contribution in [0.15, 0.2) is 0 Å². The third-order valence-corrected chi connectivity index (χ3v) is 7.71. The monoisotopic (exact) mass is 304 g/mol. The van der Waals surface area contributed by atoms with Crippen molar-refractivity contribution in [2.45, 2.75) is 104 Å². The molecule has 0 heterocycles. The molecule has 0 N–H and O–H groups in total. The molecule has 0 saturated heterocycles. The minimum atomic E-state index is 1.09. The molecule has 0 bridgehead atoms. The van der Waals surface area contributed by atoms with Gasteiger partial charge >= 0.3 is 0 Å². The minimum Gasteiger partial charge on any atom is -0.0654 e. The van der Waals surface area contributed by atoms with E-state index in [1.165, 1.54) is 25.7 Å². The van der Waals surface area contributed by atoms with Crippen LogP contribution in [0, 0.1) is 35.5 Å². The average molecular weight is 305 g/mol. The van der Waals surface area contributed by atoms with Gasteiger partial charge in [0.2, 0.25) is 0 Å². The van der Waals surface area contributed by atoms with E-state index in [4.69, 9.17) is 0 Å². The van der Waals surface area contributed by atoms with Crippen molar-refractivity contribution >= 4 is 0 Å². The smallest absolute Gasteiger partial charge is 0.0383 e. The van der Waals surface area contributed by atoms with E-state index in [0.717, 1.165) is 35.5 Å². The molecule has 0 amide bonds. The van der Waals surface area contributed by atoms with Gasteiger partial charge in [-0.3, -0.25) is 0 Å². The van der Waals surface area contributed by atoms with Crippen molar-refractivity contribution < 1.29 is 0 Å². The second kappa shape index (κ2) is 8.20. The van der Waals surface area contributed by atoms with Crippen molar-refractivity contribution in [2.75, 3.05) is 0 Å². The molecular formula is C22H40. The van der Waals surface area contributed by atoms with Crippen LogP contribution in [0.2, 0.25) is 0 Å². The molecule has 0 aromatic rings. The van der Waals surface area contributed by atoms with E-state index < -0.39 is 0 Å². The summed E-state index contributed by atoms with van der Waals surface area (Å²) in [5.74, 6) is 6.65. The maximum absolute atomic E-state index is 2.37. The summed E-state index contributed by atoms with van der Waals surface area (Å²) in [5.41, 5.74) is 0. The van der Waals surface area contributed by atoms with Crippen LogP contribution in [0.4, 0.5) is 0 Å². The summed E-state index contributed by atoms with van der Waals surface area (Å²) < 4.78 is 0. The molecule has 4 atom stereocenters. The first kappa shape index (κ1) is 16.8. The van der Waals surface area contributed by atoms with Crippen LogP contribution in [0.3, 0.4) is 0 Å². The Bertz CT molecular complexity index is 309. The summed E-state index contributed by atoms with van der Waals surface area (Å²) in [6, 6.07) is 0. The molecule has 3 saturated carbocycles. The van der Waals surface area contributed by atoms with E-state index in [9.17, 15) is 0 Å². The molecule has 22 heavy (non-hydrogen) atoms. The molecule has 0 aromatic carbocycles. The molecule has 0 unspecified atom stereocenters. The maximum Gasteiger partial charge on any atom is -0.0383 e. The van der Waals surface area contributed by atoms with Crippen LogP contribution < -0.4 is 0 Å². The summed E-state index contributed by atoms with van der Waals surface area (Å²) in [4.78, 5) is 0. The topological polar surface area (TPSA) is 0 Å². The van der Waals surface area contributed by atoms with Crippen LogP contribution in [0.25, 0.3) is 0 Å². The lowest BCUT2D eigenvalue weighted by atomic mass is 9.60. The standard InChI is InChI=1S/C22H40/c1-3-5-17-7-10-19(11-8-17)21-14-13-20-15-18(6-4-2)9-12-22(20)16-21/h17-22H,3-16H2,1-2H3/t17?,18-,19?,20-,21+,22+/m0/s1. The first-order chi connectivity index (χ1) is 10.8. The Hall–Kier alpha value is 0. The molecule has 0 spiro atoms. The van der Waals surface area contributed by atoms with Gasteiger partial charge in [0.05, 0.1) is 0 Å². The van der Waals surface area contributed by atoms with Crippen molar-refractivity contribution in [1.82, 2.24) is 0 Å². The van der Waals surface area contributed by atoms with Crippen molar-refractivity contribution in [1.29, 1.82) is 0 Å². The zero-order valence-electron chi connectivity index (χ0n) is 15.4. The zero-order valence-corrected chi connectivity index (χ0v) is 15.4. The van der Waals surface area contributed by atoms with Gasteiger partial charge in [0.1, 0.15) is 0 Å². The molecule has 3 rings (SSSR count). The zero-order chi connectivity index (χ0) is 15.4. The van der Waals surface area contributed by atoms with Crippen LogP contribution in [-0.2, 0) is 0 Å². The Kier molecular flexibility index (Phi) is 6.28. The van der Waals surface area contributed by atoms with E-state index in [2.05, 4.69) is 13.8 Å². The Labute approximate surface area is 139 Å². The van der Waals surface area contributed by atoms with E-state index >= 15 is 0 Å². The molecule has 0 nitrogen and oxygen atoms in total. The Morgan fingerprint density at radius 1 is 0.500 bits per heavy atom. The van der Waals surface area contributed by atoms with E-state index in [0.29, 0.717) is 0 Å². The Morgan fingerprint density at radius 2 is 0.955 bits per heavy atom. The summed E-state index contributed by atoms with van der Waals surface area (Å²) >= 11 is 0. The van der Waals surface area contributed by atoms with Gasteiger partial charge in [-0.25, -0.2) is 0 Å². The molecule has 0 radical (unpaired) electrons. The quantitative estimate of drug-likeness (QED) is 0.502. The Morgan fingerprint density at radius 3 is 1.64 bits per heavy atom. The first-order valence-corrected chi connectivity index (χ1v) is 10.8. The highest BCUT2D eigenvalue weighted by atomic mass is 14.4. The summed E-state index contributed by atoms with van der Waals surface area (Å²) in [6.07, 6.45) is 21.6. The fourth-order valence-electron chi connectivity index (χ4n) is 6.48. The molecule has 3 aliphatic rings. The second-order valence-corrected chi connectivity index (χ2v) is 9.13. The lowest BCUT2D eigenvalue weighted by Crippen LogP contribution is -2.34. The second-order valence-electron chi connectivity index (χ2n) is 9.13. The predicted octanol–water partition coefficient (Wildman–Crippen LogP) is 7.23. The summed E-state index contributed by atoms with van der Waals surface area (Å²) in [6.45, 7) is 4.74. The number of hydrogen-bond acceptors (Lipinski definition) is 0. The van der Waals surface area contributed by atoms with E-state index in [1.54, 1.807) is 64.2 Å². The number of hydrogen-bond donors (Lipinski definition) is 0. The van der Waals surface area contributed by atoms with Crippen molar-refractivity contribution in [3.05, 3.63) is 0 Å². The SMILES string of the molecule is CCCC1CCC([C@@H]2CC[C@H]3C[C@@H](CCC)CC[C@@H]3C2)CC1. The van der Waals surface area contributed by atoms with E-state index in [1.807, 2.05) is 0 Å². The first-order valence-electron chi connectivity index (χ1n) is 10.8. The third kappa shape index (κ3) is 4.09. The highest BCUT2D eigenvalue weighted by Crippen LogP contribution is 2.49. The van der Waals surface area contributed by atoms with Crippen molar-refractivity contribution in [3.63, 3.8) is 0 Å². The van der Waals surface area contributed by atoms with Gasteiger partial charge < -0.3 is 0 Å². The van der Waals surface area contributed by atoms with Gasteiger partial charge in [0.25, 0.3) is 0 Å². The molecule has 0 heteroatoms. The van der Waals surface area contributed by atoms with Crippen LogP contribution in [-0.4, -0.2) is 0 Å². The maximum atomic E-state index is 2.37. The minimum absolute atomic E-state index is 1.09. The highest BCUT2D eigenvalue weighted by molar-refractivity contribution is 4.89. The Balaban J connectivity index is 1.45. The average Bonchev–Trinajstić information content (AvgIpc) is 2.56. The van der Waals surface area contributed by atoms with Crippen LogP contribution in [0.1, 0.15) is 104 Å². The molecule has 3 fully saturated rings. The van der Waals surface area contributed by atoms with Gasteiger partial charge in [-0.15, -0.1) is 0 Å². The lowest BCUT2D eigenvalue weighted by molar-refractivity contribution is 0.0579. The molecule has 0 aliphatic heterocycles. The van der Waals surface area contributed by atoms with Crippen LogP contribution >= 0.6 is 0 Å². The normalized spacial score (nSPS) is 42.8. The van der Waals surface area contributed by atoms with Crippen LogP contribution in [0.5, 0.6) is 0 Å². The fourth-order valence-corrected chi connectivity index (χ4v) is 6.48. The highest BCUT2D eigenvalue weighted by Gasteiger charge is 2.38. The fraction of sp³-hybridized carbons (Fsp3) is 1.00. The molecule has 0 aromatic heterocycles. The molecule has 128 valence electrons. The molecule has 3 aliphatic carbocycles.